The lowest BCUT2D eigenvalue weighted by Crippen LogP contribution is -2.62. The van der Waals surface area contributed by atoms with E-state index < -0.39 is 48.4 Å². The minimum absolute atomic E-state index is 0.000759. The van der Waals surface area contributed by atoms with Crippen LogP contribution >= 0.6 is 0 Å². The van der Waals surface area contributed by atoms with E-state index in [1.807, 2.05) is 19.0 Å². The van der Waals surface area contributed by atoms with Crippen LogP contribution in [-0.4, -0.2) is 99.0 Å². The fourth-order valence-electron chi connectivity index (χ4n) is 4.61. The third kappa shape index (κ3) is 4.85. The summed E-state index contributed by atoms with van der Waals surface area (Å²) in [7, 11) is 3.72. The van der Waals surface area contributed by atoms with Crippen LogP contribution in [0.5, 0.6) is 5.75 Å². The maximum absolute atomic E-state index is 11.5. The Kier molecular flexibility index (Phi) is 7.21. The van der Waals surface area contributed by atoms with Crippen LogP contribution < -0.4 is 0 Å². The monoisotopic (exact) mass is 441 g/mol. The smallest absolute Gasteiger partial charge is 0.335 e. The molecular weight excluding hydrogens is 410 g/mol. The Balaban J connectivity index is 2.03. The number of hydrogen-bond donors (Lipinski definition) is 6. The van der Waals surface area contributed by atoms with Crippen LogP contribution in [0, 0.1) is 5.92 Å². The maximum atomic E-state index is 11.5. The van der Waals surface area contributed by atoms with E-state index in [1.54, 1.807) is 12.1 Å². The van der Waals surface area contributed by atoms with Gasteiger partial charge in [-0.3, -0.25) is 0 Å². The van der Waals surface area contributed by atoms with Crippen LogP contribution in [0.4, 0.5) is 0 Å². The highest BCUT2D eigenvalue weighted by Crippen LogP contribution is 2.47. The minimum Gasteiger partial charge on any atom is -0.508 e. The molecular formula is C21H31NO9. The van der Waals surface area contributed by atoms with Gasteiger partial charge in [-0.1, -0.05) is 12.1 Å². The number of aliphatic carboxylic acids is 1. The number of phenolic OH excluding ortho intramolecular Hbond substituents is 1. The zero-order chi connectivity index (χ0) is 22.9. The van der Waals surface area contributed by atoms with Crippen molar-refractivity contribution >= 4 is 5.97 Å². The molecule has 8 atom stereocenters. The number of aliphatic hydroxyl groups excluding tert-OH is 4. The fourth-order valence-corrected chi connectivity index (χ4v) is 4.61. The van der Waals surface area contributed by atoms with Crippen molar-refractivity contribution in [2.45, 2.75) is 61.7 Å². The van der Waals surface area contributed by atoms with Crippen molar-refractivity contribution in [2.75, 3.05) is 20.6 Å². The zero-order valence-electron chi connectivity index (χ0n) is 17.5. The van der Waals surface area contributed by atoms with Gasteiger partial charge in [-0.15, -0.1) is 0 Å². The topological polar surface area (TPSA) is 160 Å². The second-order valence-corrected chi connectivity index (χ2v) is 8.68. The number of benzene rings is 1. The molecule has 0 radical (unpaired) electrons. The van der Waals surface area contributed by atoms with Crippen molar-refractivity contribution in [1.82, 2.24) is 4.90 Å². The third-order valence-corrected chi connectivity index (χ3v) is 6.12. The quantitative estimate of drug-likeness (QED) is 0.330. The summed E-state index contributed by atoms with van der Waals surface area (Å²) in [5.41, 5.74) is -0.576. The number of carboxylic acid groups (broad SMARTS) is 1. The number of aromatic hydroxyl groups is 1. The SMILES string of the molecule is CN(C)C[C@H]1CC(O)CC[C@]1(O[C@@H]1O[C@H](C(=O)O)[C@@H](O)[C@H](O)[C@H]1O)c1cccc(O)c1. The van der Waals surface area contributed by atoms with Gasteiger partial charge in [0.2, 0.25) is 0 Å². The molecule has 31 heavy (non-hydrogen) atoms. The first-order chi connectivity index (χ1) is 14.5. The van der Waals surface area contributed by atoms with Crippen molar-refractivity contribution in [1.29, 1.82) is 0 Å². The fraction of sp³-hybridized carbons (Fsp3) is 0.667. The van der Waals surface area contributed by atoms with E-state index in [1.165, 1.54) is 12.1 Å². The summed E-state index contributed by atoms with van der Waals surface area (Å²) >= 11 is 0. The summed E-state index contributed by atoms with van der Waals surface area (Å²) in [6, 6.07) is 6.41. The molecule has 6 N–H and O–H groups in total. The summed E-state index contributed by atoms with van der Waals surface area (Å²) in [6.45, 7) is 0.489. The Bertz CT molecular complexity index is 773. The molecule has 10 heteroatoms. The highest BCUT2D eigenvalue weighted by atomic mass is 16.7. The first kappa shape index (κ1) is 23.9. The molecule has 0 amide bonds. The molecule has 2 fully saturated rings. The normalized spacial score (nSPS) is 38.9. The average molecular weight is 441 g/mol. The van der Waals surface area contributed by atoms with Crippen molar-refractivity contribution in [2.24, 2.45) is 5.92 Å². The highest BCUT2D eigenvalue weighted by molar-refractivity contribution is 5.73. The van der Waals surface area contributed by atoms with Gasteiger partial charge in [-0.05, 0) is 51.1 Å². The number of carbonyl (C=O) groups is 1. The number of hydrogen-bond acceptors (Lipinski definition) is 9. The number of rotatable bonds is 6. The Morgan fingerprint density at radius 1 is 1.19 bits per heavy atom. The number of phenols is 1. The van der Waals surface area contributed by atoms with Gasteiger partial charge in [0, 0.05) is 12.5 Å². The molecule has 1 aliphatic carbocycles. The standard InChI is InChI=1S/C21H31NO9/c1-22(2)10-12-9-14(24)6-7-21(12,11-4-3-5-13(23)8-11)31-20-17(27)15(25)16(26)18(30-20)19(28)29/h3-5,8,12,14-18,20,23-27H,6-7,9-10H2,1-2H3,(H,28,29)/t12-,14?,15+,16+,17-,18+,20+,21+/m1/s1. The van der Waals surface area contributed by atoms with Crippen molar-refractivity contribution in [3.05, 3.63) is 29.8 Å². The van der Waals surface area contributed by atoms with Crippen molar-refractivity contribution in [3.63, 3.8) is 0 Å². The Morgan fingerprint density at radius 2 is 1.90 bits per heavy atom. The van der Waals surface area contributed by atoms with E-state index in [4.69, 9.17) is 9.47 Å². The van der Waals surface area contributed by atoms with Gasteiger partial charge < -0.3 is 45.0 Å². The molecule has 10 nitrogen and oxygen atoms in total. The van der Waals surface area contributed by atoms with E-state index in [-0.39, 0.29) is 11.7 Å². The maximum Gasteiger partial charge on any atom is 0.335 e. The van der Waals surface area contributed by atoms with E-state index in [2.05, 4.69) is 0 Å². The zero-order valence-corrected chi connectivity index (χ0v) is 17.5. The van der Waals surface area contributed by atoms with Crippen LogP contribution in [0.1, 0.15) is 24.8 Å². The van der Waals surface area contributed by atoms with Crippen LogP contribution in [0.15, 0.2) is 24.3 Å². The first-order valence-corrected chi connectivity index (χ1v) is 10.3. The molecule has 1 aromatic rings. The second-order valence-electron chi connectivity index (χ2n) is 8.68. The van der Waals surface area contributed by atoms with Gasteiger partial charge in [-0.25, -0.2) is 4.79 Å². The summed E-state index contributed by atoms with van der Waals surface area (Å²) in [6.07, 6.45) is -8.19. The molecule has 1 saturated carbocycles. The van der Waals surface area contributed by atoms with Crippen LogP contribution in [0.25, 0.3) is 0 Å². The largest absolute Gasteiger partial charge is 0.508 e. The number of ether oxygens (including phenoxy) is 2. The van der Waals surface area contributed by atoms with E-state index in [9.17, 15) is 35.4 Å². The van der Waals surface area contributed by atoms with Crippen molar-refractivity contribution < 1.29 is 44.9 Å². The molecule has 1 aliphatic heterocycles. The predicted molar refractivity (Wildman–Crippen MR) is 107 cm³/mol. The van der Waals surface area contributed by atoms with Gasteiger partial charge in [0.05, 0.1) is 6.10 Å². The molecule has 0 aromatic heterocycles. The lowest BCUT2D eigenvalue weighted by atomic mass is 9.70. The Labute approximate surface area is 180 Å². The Hall–Kier alpha value is -1.79. The van der Waals surface area contributed by atoms with E-state index in [0.717, 1.165) is 0 Å². The molecule has 174 valence electrons. The van der Waals surface area contributed by atoms with Crippen molar-refractivity contribution in [3.8, 4) is 5.75 Å². The number of aliphatic hydroxyl groups is 4. The summed E-state index contributed by atoms with van der Waals surface area (Å²) in [4.78, 5) is 13.4. The third-order valence-electron chi connectivity index (χ3n) is 6.12. The van der Waals surface area contributed by atoms with Gasteiger partial charge in [0.15, 0.2) is 12.4 Å². The first-order valence-electron chi connectivity index (χ1n) is 10.3. The van der Waals surface area contributed by atoms with Gasteiger partial charge in [0.1, 0.15) is 29.7 Å². The van der Waals surface area contributed by atoms with Gasteiger partial charge >= 0.3 is 5.97 Å². The molecule has 0 spiro atoms. The molecule has 1 unspecified atom stereocenters. The summed E-state index contributed by atoms with van der Waals surface area (Å²) in [5, 5.41) is 60.5. The molecule has 1 heterocycles. The van der Waals surface area contributed by atoms with Gasteiger partial charge in [0.25, 0.3) is 0 Å². The predicted octanol–water partition coefficient (Wildman–Crippen LogP) is -0.781. The molecule has 1 saturated heterocycles. The highest BCUT2D eigenvalue weighted by Gasteiger charge is 2.53. The lowest BCUT2D eigenvalue weighted by Gasteiger charge is -2.50. The van der Waals surface area contributed by atoms with E-state index >= 15 is 0 Å². The Morgan fingerprint density at radius 3 is 2.52 bits per heavy atom. The average Bonchev–Trinajstić information content (AvgIpc) is 2.69. The molecule has 0 bridgehead atoms. The van der Waals surface area contributed by atoms with Crippen LogP contribution in [-0.2, 0) is 19.9 Å². The van der Waals surface area contributed by atoms with Gasteiger partial charge in [-0.2, -0.15) is 0 Å². The summed E-state index contributed by atoms with van der Waals surface area (Å²) in [5.74, 6) is -1.81. The van der Waals surface area contributed by atoms with Crippen LogP contribution in [0.2, 0.25) is 0 Å². The van der Waals surface area contributed by atoms with E-state index in [0.29, 0.717) is 31.4 Å². The summed E-state index contributed by atoms with van der Waals surface area (Å²) < 4.78 is 11.7. The molecule has 1 aromatic carbocycles. The number of nitrogens with zero attached hydrogens (tertiary/aromatic N) is 1. The molecule has 2 aliphatic rings. The lowest BCUT2D eigenvalue weighted by molar-refractivity contribution is -0.335. The minimum atomic E-state index is -1.82. The van der Waals surface area contributed by atoms with Crippen LogP contribution in [0.3, 0.4) is 0 Å². The number of carboxylic acids is 1. The molecule has 3 rings (SSSR count). The second kappa shape index (κ2) is 9.37.